The number of ether oxygens (including phenoxy) is 1. The first-order valence-electron chi connectivity index (χ1n) is 5.36. The Morgan fingerprint density at radius 1 is 1.31 bits per heavy atom. The molecule has 2 heteroatoms. The first-order valence-corrected chi connectivity index (χ1v) is 5.36. The maximum atomic E-state index is 11.1. The molecule has 0 radical (unpaired) electrons. The molecule has 0 heterocycles. The number of carbonyl (C=O) groups is 1. The Labute approximate surface area is 81.7 Å². The van der Waals surface area contributed by atoms with Gasteiger partial charge in [0.15, 0.2) is 0 Å². The van der Waals surface area contributed by atoms with Crippen molar-refractivity contribution in [3.8, 4) is 0 Å². The fraction of sp³-hybridized carbons (Fsp3) is 0.909. The highest BCUT2D eigenvalue weighted by Gasteiger charge is 2.05. The molecule has 78 valence electrons. The number of rotatable bonds is 7. The zero-order valence-electron chi connectivity index (χ0n) is 9.14. The molecule has 1 unspecified atom stereocenters. The van der Waals surface area contributed by atoms with E-state index in [-0.39, 0.29) is 5.97 Å². The Morgan fingerprint density at radius 2 is 2.00 bits per heavy atom. The second kappa shape index (κ2) is 8.09. The van der Waals surface area contributed by atoms with Gasteiger partial charge in [0.25, 0.3) is 0 Å². The highest BCUT2D eigenvalue weighted by molar-refractivity contribution is 5.69. The van der Waals surface area contributed by atoms with Crippen LogP contribution in [-0.4, -0.2) is 12.6 Å². The molecule has 0 rings (SSSR count). The van der Waals surface area contributed by atoms with E-state index in [1.807, 2.05) is 0 Å². The van der Waals surface area contributed by atoms with Crippen LogP contribution in [0.4, 0.5) is 0 Å². The van der Waals surface area contributed by atoms with Crippen LogP contribution in [0.15, 0.2) is 0 Å². The number of hydrogen-bond acceptors (Lipinski definition) is 2. The van der Waals surface area contributed by atoms with Crippen LogP contribution >= 0.6 is 0 Å². The molecule has 0 aromatic carbocycles. The molecule has 0 fully saturated rings. The fourth-order valence-electron chi connectivity index (χ4n) is 1.20. The summed E-state index contributed by atoms with van der Waals surface area (Å²) in [6.45, 7) is 6.94. The molecule has 0 N–H and O–H groups in total. The first-order chi connectivity index (χ1) is 6.20. The maximum absolute atomic E-state index is 11.1. The summed E-state index contributed by atoms with van der Waals surface area (Å²) in [5.74, 6) is 0.473. The Balaban J connectivity index is 3.34. The van der Waals surface area contributed by atoms with Crippen molar-refractivity contribution in [1.82, 2.24) is 0 Å². The van der Waals surface area contributed by atoms with Gasteiger partial charge >= 0.3 is 5.97 Å². The van der Waals surface area contributed by atoms with E-state index < -0.39 is 0 Å². The molecule has 0 spiro atoms. The fourth-order valence-corrected chi connectivity index (χ4v) is 1.20. The monoisotopic (exact) mass is 186 g/mol. The molecule has 0 aromatic rings. The van der Waals surface area contributed by atoms with Crippen LogP contribution in [0.2, 0.25) is 0 Å². The molecule has 13 heavy (non-hydrogen) atoms. The minimum atomic E-state index is -0.0372. The quantitative estimate of drug-likeness (QED) is 0.571. The number of unbranched alkanes of at least 4 members (excludes halogenated alkanes) is 1. The van der Waals surface area contributed by atoms with Crippen molar-refractivity contribution >= 4 is 5.97 Å². The summed E-state index contributed by atoms with van der Waals surface area (Å²) in [4.78, 5) is 11.1. The van der Waals surface area contributed by atoms with Gasteiger partial charge in [-0.2, -0.15) is 0 Å². The molecule has 0 bridgehead atoms. The Hall–Kier alpha value is -0.530. The van der Waals surface area contributed by atoms with Gasteiger partial charge in [-0.05, 0) is 18.8 Å². The topological polar surface area (TPSA) is 26.3 Å². The lowest BCUT2D eigenvalue weighted by Gasteiger charge is -2.10. The van der Waals surface area contributed by atoms with Gasteiger partial charge in [-0.25, -0.2) is 0 Å². The van der Waals surface area contributed by atoms with Gasteiger partial charge in [0.2, 0.25) is 0 Å². The van der Waals surface area contributed by atoms with Gasteiger partial charge in [0.1, 0.15) is 0 Å². The third kappa shape index (κ3) is 7.82. The lowest BCUT2D eigenvalue weighted by molar-refractivity contribution is -0.145. The van der Waals surface area contributed by atoms with Crippen molar-refractivity contribution in [2.45, 2.75) is 52.9 Å². The molecule has 0 saturated carbocycles. The molecular weight excluding hydrogens is 164 g/mol. The van der Waals surface area contributed by atoms with Crippen molar-refractivity contribution in [2.75, 3.05) is 6.61 Å². The Bertz CT molecular complexity index is 132. The van der Waals surface area contributed by atoms with Gasteiger partial charge in [-0.15, -0.1) is 0 Å². The van der Waals surface area contributed by atoms with E-state index in [0.717, 1.165) is 25.7 Å². The van der Waals surface area contributed by atoms with Crippen LogP contribution in [-0.2, 0) is 9.53 Å². The predicted octanol–water partition coefficient (Wildman–Crippen LogP) is 3.16. The van der Waals surface area contributed by atoms with Gasteiger partial charge in [-0.3, -0.25) is 4.79 Å². The average molecular weight is 186 g/mol. The van der Waals surface area contributed by atoms with E-state index in [2.05, 4.69) is 20.8 Å². The molecule has 0 saturated heterocycles. The van der Waals surface area contributed by atoms with Crippen molar-refractivity contribution in [1.29, 1.82) is 0 Å². The molecule has 0 aliphatic rings. The van der Waals surface area contributed by atoms with Crippen molar-refractivity contribution in [3.63, 3.8) is 0 Å². The van der Waals surface area contributed by atoms with E-state index >= 15 is 0 Å². The normalized spacial score (nSPS) is 12.5. The molecule has 0 amide bonds. The van der Waals surface area contributed by atoms with Gasteiger partial charge in [0.05, 0.1) is 6.61 Å². The Kier molecular flexibility index (Phi) is 7.76. The van der Waals surface area contributed by atoms with Gasteiger partial charge in [0, 0.05) is 6.42 Å². The van der Waals surface area contributed by atoms with E-state index in [1.165, 1.54) is 0 Å². The Morgan fingerprint density at radius 3 is 2.54 bits per heavy atom. The van der Waals surface area contributed by atoms with Crippen LogP contribution in [0.5, 0.6) is 0 Å². The van der Waals surface area contributed by atoms with Crippen LogP contribution < -0.4 is 0 Å². The smallest absolute Gasteiger partial charge is 0.305 e. The maximum Gasteiger partial charge on any atom is 0.305 e. The second-order valence-electron chi connectivity index (χ2n) is 3.68. The largest absolute Gasteiger partial charge is 0.465 e. The molecule has 1 atom stereocenters. The predicted molar refractivity (Wildman–Crippen MR) is 54.6 cm³/mol. The third-order valence-electron chi connectivity index (χ3n) is 2.04. The summed E-state index contributed by atoms with van der Waals surface area (Å²) >= 11 is 0. The first kappa shape index (κ1) is 12.5. The second-order valence-corrected chi connectivity index (χ2v) is 3.68. The molecular formula is C11H22O2. The van der Waals surface area contributed by atoms with Crippen LogP contribution in [0.25, 0.3) is 0 Å². The SMILES string of the molecule is CCCCC(=O)OCC(C)CCC. The van der Waals surface area contributed by atoms with E-state index in [0.29, 0.717) is 18.9 Å². The van der Waals surface area contributed by atoms with Crippen LogP contribution in [0.3, 0.4) is 0 Å². The zero-order chi connectivity index (χ0) is 10.1. The van der Waals surface area contributed by atoms with Crippen molar-refractivity contribution < 1.29 is 9.53 Å². The standard InChI is InChI=1S/C11H22O2/c1-4-6-8-11(12)13-9-10(3)7-5-2/h10H,4-9H2,1-3H3. The number of hydrogen-bond donors (Lipinski definition) is 0. The van der Waals surface area contributed by atoms with Crippen LogP contribution in [0, 0.1) is 5.92 Å². The van der Waals surface area contributed by atoms with Crippen LogP contribution in [0.1, 0.15) is 52.9 Å². The van der Waals surface area contributed by atoms with Gasteiger partial charge in [-0.1, -0.05) is 33.6 Å². The summed E-state index contributed by atoms with van der Waals surface area (Å²) in [7, 11) is 0. The molecule has 0 aliphatic carbocycles. The van der Waals surface area contributed by atoms with Gasteiger partial charge < -0.3 is 4.74 Å². The third-order valence-corrected chi connectivity index (χ3v) is 2.04. The molecule has 0 aliphatic heterocycles. The summed E-state index contributed by atoms with van der Waals surface area (Å²) in [6.07, 6.45) is 4.88. The summed E-state index contributed by atoms with van der Waals surface area (Å²) in [5.41, 5.74) is 0. The lowest BCUT2D eigenvalue weighted by atomic mass is 10.1. The van der Waals surface area contributed by atoms with Crippen molar-refractivity contribution in [3.05, 3.63) is 0 Å². The highest BCUT2D eigenvalue weighted by Crippen LogP contribution is 2.06. The highest BCUT2D eigenvalue weighted by atomic mass is 16.5. The average Bonchev–Trinajstić information content (AvgIpc) is 2.12. The lowest BCUT2D eigenvalue weighted by Crippen LogP contribution is -2.11. The van der Waals surface area contributed by atoms with E-state index in [4.69, 9.17) is 4.74 Å². The minimum absolute atomic E-state index is 0.0372. The molecule has 2 nitrogen and oxygen atoms in total. The molecule has 0 aromatic heterocycles. The zero-order valence-corrected chi connectivity index (χ0v) is 9.14. The summed E-state index contributed by atoms with van der Waals surface area (Å²) in [6, 6.07) is 0. The van der Waals surface area contributed by atoms with E-state index in [1.54, 1.807) is 0 Å². The van der Waals surface area contributed by atoms with Crippen molar-refractivity contribution in [2.24, 2.45) is 5.92 Å². The summed E-state index contributed by atoms with van der Waals surface area (Å²) in [5, 5.41) is 0. The number of carbonyl (C=O) groups excluding carboxylic acids is 1. The minimum Gasteiger partial charge on any atom is -0.465 e. The number of esters is 1. The van der Waals surface area contributed by atoms with E-state index in [9.17, 15) is 4.79 Å². The summed E-state index contributed by atoms with van der Waals surface area (Å²) < 4.78 is 5.12.